The van der Waals surface area contributed by atoms with Crippen molar-refractivity contribution in [2.24, 2.45) is 0 Å². The normalized spacial score (nSPS) is 17.6. The maximum absolute atomic E-state index is 12.2. The molecule has 1 N–H and O–H groups in total. The molecule has 1 aliphatic rings. The molecule has 0 aliphatic carbocycles. The third-order valence-electron chi connectivity index (χ3n) is 5.54. The smallest absolute Gasteiger partial charge is 0.305 e. The fourth-order valence-corrected chi connectivity index (χ4v) is 4.16. The van der Waals surface area contributed by atoms with E-state index in [4.69, 9.17) is 16.3 Å². The zero-order valence-electron chi connectivity index (χ0n) is 17.4. The number of aliphatic hydroxyl groups is 1. The number of likely N-dealkylation sites (tertiary alicyclic amines) is 1. The predicted octanol–water partition coefficient (Wildman–Crippen LogP) is 5.05. The molecule has 1 heterocycles. The molecule has 1 aromatic carbocycles. The number of benzene rings is 1. The molecule has 0 aromatic heterocycles. The van der Waals surface area contributed by atoms with Gasteiger partial charge in [-0.05, 0) is 63.1 Å². The quantitative estimate of drug-likeness (QED) is 0.356. The lowest BCUT2D eigenvalue weighted by molar-refractivity contribution is -0.143. The first-order valence-electron chi connectivity index (χ1n) is 10.9. The van der Waals surface area contributed by atoms with Gasteiger partial charge in [-0.3, -0.25) is 9.59 Å². The number of amides is 1. The average Bonchev–Trinajstić information content (AvgIpc) is 3.04. The number of ether oxygens (including phenoxy) is 1. The number of rotatable bonds is 13. The van der Waals surface area contributed by atoms with E-state index in [9.17, 15) is 14.7 Å². The Kier molecular flexibility index (Phi) is 10.5. The fourth-order valence-electron chi connectivity index (χ4n) is 3.97. The molecular weight excluding hydrogens is 390 g/mol. The number of carbonyl (C=O) groups is 2. The molecule has 0 bridgehead atoms. The molecule has 1 unspecified atom stereocenters. The number of nitrogens with zero attached hydrogens (tertiary/aromatic N) is 1. The molecule has 0 spiro atoms. The molecule has 1 fully saturated rings. The number of carbonyl (C=O) groups excluding carboxylic acids is 2. The van der Waals surface area contributed by atoms with E-state index in [2.05, 4.69) is 0 Å². The highest BCUT2D eigenvalue weighted by Crippen LogP contribution is 2.27. The van der Waals surface area contributed by atoms with Gasteiger partial charge in [-0.1, -0.05) is 36.6 Å². The number of hydrogen-bond acceptors (Lipinski definition) is 4. The van der Waals surface area contributed by atoms with Crippen LogP contribution in [-0.2, 0) is 14.3 Å². The van der Waals surface area contributed by atoms with Gasteiger partial charge in [-0.2, -0.15) is 0 Å². The second-order valence-corrected chi connectivity index (χ2v) is 8.19. The largest absolute Gasteiger partial charge is 0.466 e. The third-order valence-corrected chi connectivity index (χ3v) is 5.77. The summed E-state index contributed by atoms with van der Waals surface area (Å²) in [7, 11) is 0. The number of halogens is 1. The number of esters is 1. The second kappa shape index (κ2) is 12.9. The Labute approximate surface area is 179 Å². The van der Waals surface area contributed by atoms with Crippen LogP contribution in [0.2, 0.25) is 5.02 Å². The van der Waals surface area contributed by atoms with Crippen molar-refractivity contribution in [2.75, 3.05) is 13.2 Å². The van der Waals surface area contributed by atoms with E-state index in [1.807, 2.05) is 24.0 Å². The van der Waals surface area contributed by atoms with E-state index in [0.29, 0.717) is 30.9 Å². The van der Waals surface area contributed by atoms with Gasteiger partial charge in [0.05, 0.1) is 12.7 Å². The van der Waals surface area contributed by atoms with Crippen molar-refractivity contribution < 1.29 is 19.4 Å². The monoisotopic (exact) mass is 423 g/mol. The minimum atomic E-state index is -0.515. The molecule has 2 rings (SSSR count). The summed E-state index contributed by atoms with van der Waals surface area (Å²) in [6.07, 6.45) is 7.79. The molecule has 0 saturated carbocycles. The van der Waals surface area contributed by atoms with Crippen LogP contribution >= 0.6 is 11.6 Å². The Morgan fingerprint density at radius 3 is 2.83 bits per heavy atom. The molecular formula is C23H34ClNO4. The van der Waals surface area contributed by atoms with Crippen molar-refractivity contribution in [1.82, 2.24) is 4.90 Å². The molecule has 1 saturated heterocycles. The van der Waals surface area contributed by atoms with E-state index in [1.165, 1.54) is 0 Å². The maximum atomic E-state index is 12.2. The predicted molar refractivity (Wildman–Crippen MR) is 115 cm³/mol. The van der Waals surface area contributed by atoms with Crippen LogP contribution in [0.25, 0.3) is 0 Å². The first-order valence-corrected chi connectivity index (χ1v) is 11.3. The van der Waals surface area contributed by atoms with Crippen LogP contribution in [0.5, 0.6) is 0 Å². The van der Waals surface area contributed by atoms with Crippen LogP contribution in [0.1, 0.15) is 82.8 Å². The minimum absolute atomic E-state index is 0.123. The zero-order chi connectivity index (χ0) is 21.1. The number of aliphatic hydroxyl groups excluding tert-OH is 1. The van der Waals surface area contributed by atoms with E-state index >= 15 is 0 Å². The summed E-state index contributed by atoms with van der Waals surface area (Å²) in [4.78, 5) is 25.6. The summed E-state index contributed by atoms with van der Waals surface area (Å²) < 4.78 is 4.93. The first kappa shape index (κ1) is 23.7. The van der Waals surface area contributed by atoms with Crippen molar-refractivity contribution >= 4 is 23.5 Å². The van der Waals surface area contributed by atoms with E-state index in [1.54, 1.807) is 12.1 Å². The van der Waals surface area contributed by atoms with E-state index in [0.717, 1.165) is 57.1 Å². The third kappa shape index (κ3) is 8.35. The topological polar surface area (TPSA) is 66.8 Å². The van der Waals surface area contributed by atoms with Gasteiger partial charge < -0.3 is 14.7 Å². The van der Waals surface area contributed by atoms with Gasteiger partial charge in [0.1, 0.15) is 0 Å². The van der Waals surface area contributed by atoms with Crippen LogP contribution in [0, 0.1) is 0 Å². The van der Waals surface area contributed by atoms with Gasteiger partial charge in [0.15, 0.2) is 0 Å². The van der Waals surface area contributed by atoms with Crippen molar-refractivity contribution in [2.45, 2.75) is 83.3 Å². The fraction of sp³-hybridized carbons (Fsp3) is 0.652. The lowest BCUT2D eigenvalue weighted by Gasteiger charge is -2.25. The van der Waals surface area contributed by atoms with Gasteiger partial charge in [-0.25, -0.2) is 0 Å². The Balaban J connectivity index is 1.64. The molecule has 6 heteroatoms. The first-order chi connectivity index (χ1) is 14.0. The summed E-state index contributed by atoms with van der Waals surface area (Å²) >= 11 is 5.99. The molecule has 1 aromatic rings. The van der Waals surface area contributed by atoms with Crippen LogP contribution < -0.4 is 0 Å². The zero-order valence-corrected chi connectivity index (χ0v) is 18.2. The van der Waals surface area contributed by atoms with E-state index < -0.39 is 6.10 Å². The molecule has 29 heavy (non-hydrogen) atoms. The van der Waals surface area contributed by atoms with Gasteiger partial charge >= 0.3 is 5.97 Å². The average molecular weight is 424 g/mol. The Morgan fingerprint density at radius 2 is 2.07 bits per heavy atom. The Bertz CT molecular complexity index is 652. The summed E-state index contributed by atoms with van der Waals surface area (Å²) in [5, 5.41) is 11.0. The number of unbranched alkanes of at least 4 members (excludes halogenated alkanes) is 3. The molecule has 1 amide bonds. The van der Waals surface area contributed by atoms with Crippen molar-refractivity contribution in [1.29, 1.82) is 0 Å². The van der Waals surface area contributed by atoms with Crippen molar-refractivity contribution in [3.8, 4) is 0 Å². The van der Waals surface area contributed by atoms with Gasteiger partial charge in [0, 0.05) is 30.5 Å². The Morgan fingerprint density at radius 1 is 1.28 bits per heavy atom. The maximum Gasteiger partial charge on any atom is 0.305 e. The highest BCUT2D eigenvalue weighted by Gasteiger charge is 2.29. The summed E-state index contributed by atoms with van der Waals surface area (Å²) in [6.45, 7) is 3.05. The Hall–Kier alpha value is -1.59. The van der Waals surface area contributed by atoms with Crippen LogP contribution in [0.4, 0.5) is 0 Å². The highest BCUT2D eigenvalue weighted by molar-refractivity contribution is 6.30. The van der Waals surface area contributed by atoms with Gasteiger partial charge in [-0.15, -0.1) is 0 Å². The molecule has 5 nitrogen and oxygen atoms in total. The van der Waals surface area contributed by atoms with E-state index in [-0.39, 0.29) is 17.9 Å². The lowest BCUT2D eigenvalue weighted by Crippen LogP contribution is -2.33. The second-order valence-electron chi connectivity index (χ2n) is 7.75. The summed E-state index contributed by atoms with van der Waals surface area (Å²) in [5.41, 5.74) is 0.847. The minimum Gasteiger partial charge on any atom is -0.466 e. The molecule has 2 atom stereocenters. The lowest BCUT2D eigenvalue weighted by atomic mass is 10.0. The van der Waals surface area contributed by atoms with Gasteiger partial charge in [0.2, 0.25) is 5.91 Å². The van der Waals surface area contributed by atoms with Gasteiger partial charge in [0.25, 0.3) is 0 Å². The SMILES string of the molecule is CCOC(=O)CCCCCCN1C(=O)CC[C@@H]1CCCC(O)c1cccc(Cl)c1. The highest BCUT2D eigenvalue weighted by atomic mass is 35.5. The van der Waals surface area contributed by atoms with Crippen molar-refractivity contribution in [3.63, 3.8) is 0 Å². The van der Waals surface area contributed by atoms with Crippen molar-refractivity contribution in [3.05, 3.63) is 34.9 Å². The molecule has 1 aliphatic heterocycles. The summed E-state index contributed by atoms with van der Waals surface area (Å²) in [5.74, 6) is 0.124. The van der Waals surface area contributed by atoms with Crippen LogP contribution in [0.15, 0.2) is 24.3 Å². The summed E-state index contributed by atoms with van der Waals surface area (Å²) in [6, 6.07) is 7.64. The standard InChI is InChI=1S/C23H34ClNO4/c1-2-29-23(28)13-5-3-4-6-16-25-20(14-15-22(25)27)11-8-12-21(26)18-9-7-10-19(24)17-18/h7,9-10,17,20-21,26H,2-6,8,11-16H2,1H3/t20-,21?/m0/s1. The van der Waals surface area contributed by atoms with Crippen LogP contribution in [-0.4, -0.2) is 41.1 Å². The number of hydrogen-bond donors (Lipinski definition) is 1. The van der Waals surface area contributed by atoms with Crippen LogP contribution in [0.3, 0.4) is 0 Å². The molecule has 162 valence electrons. The molecule has 0 radical (unpaired) electrons.